The standard InChI is InChI=1S/C58H46N2O/c1-3-17-39(18-4-1)44-26-13-19-41-20-14-28-48(56(41)44)46-23-7-10-30-51(46)59(43-37-35-40(36-38-43)45-27-16-34-55-57(45)50-25-9-12-33-54(50)61-55)53-32-15-29-49-47-24-8-11-31-52(47)60(58(49)53)42-21-5-2-6-22-42/h2,5-16,19-39,55,57H,1,3-4,17-18H2. The number of hydrogen-bond donors (Lipinski definition) is 0. The molecule has 12 rings (SSSR count). The van der Waals surface area contributed by atoms with E-state index in [2.05, 4.69) is 210 Å². The number of fused-ring (bicyclic) bond motifs is 7. The SMILES string of the molecule is C1=CC2Oc3ccccc3C2C(c2ccc(N(c3ccccc3-c3cccc4cccc(C5CCCCC5)c34)c3cccc4c5ccccc5n(-c5ccccc5)c34)cc2)=C1. The molecule has 0 N–H and O–H groups in total. The smallest absolute Gasteiger partial charge is 0.128 e. The van der Waals surface area contributed by atoms with Crippen LogP contribution in [0.2, 0.25) is 0 Å². The summed E-state index contributed by atoms with van der Waals surface area (Å²) in [6.45, 7) is 0. The molecule has 0 spiro atoms. The number of hydrogen-bond acceptors (Lipinski definition) is 2. The van der Waals surface area contributed by atoms with Gasteiger partial charge in [-0.1, -0.05) is 165 Å². The molecule has 3 heteroatoms. The average Bonchev–Trinajstić information content (AvgIpc) is 3.89. The molecule has 1 aromatic heterocycles. The molecule has 294 valence electrons. The van der Waals surface area contributed by atoms with Crippen molar-refractivity contribution in [1.29, 1.82) is 0 Å². The van der Waals surface area contributed by atoms with Gasteiger partial charge in [-0.3, -0.25) is 0 Å². The summed E-state index contributed by atoms with van der Waals surface area (Å²) in [6.07, 6.45) is 13.1. The summed E-state index contributed by atoms with van der Waals surface area (Å²) in [6, 6.07) is 67.3. The Kier molecular flexibility index (Phi) is 8.73. The Morgan fingerprint density at radius 1 is 0.541 bits per heavy atom. The summed E-state index contributed by atoms with van der Waals surface area (Å²) < 4.78 is 8.91. The summed E-state index contributed by atoms with van der Waals surface area (Å²) in [4.78, 5) is 2.52. The van der Waals surface area contributed by atoms with Crippen LogP contribution in [0.3, 0.4) is 0 Å². The molecular weight excluding hydrogens is 741 g/mol. The van der Waals surface area contributed by atoms with Crippen LogP contribution in [0, 0.1) is 0 Å². The molecule has 3 aliphatic rings. The monoisotopic (exact) mass is 786 g/mol. The van der Waals surface area contributed by atoms with E-state index in [0.29, 0.717) is 5.92 Å². The summed E-state index contributed by atoms with van der Waals surface area (Å²) in [5, 5.41) is 5.17. The van der Waals surface area contributed by atoms with Gasteiger partial charge in [-0.2, -0.15) is 0 Å². The molecule has 0 amide bonds. The van der Waals surface area contributed by atoms with Gasteiger partial charge in [0.05, 0.1) is 28.3 Å². The molecule has 3 nitrogen and oxygen atoms in total. The Bertz CT molecular complexity index is 3160. The van der Waals surface area contributed by atoms with Gasteiger partial charge in [0, 0.05) is 33.3 Å². The highest BCUT2D eigenvalue weighted by atomic mass is 16.5. The normalized spacial score (nSPS) is 17.3. The molecule has 1 fully saturated rings. The van der Waals surface area contributed by atoms with E-state index in [9.17, 15) is 0 Å². The molecule has 9 aromatic rings. The van der Waals surface area contributed by atoms with Crippen molar-refractivity contribution in [2.24, 2.45) is 0 Å². The third-order valence-electron chi connectivity index (χ3n) is 13.6. The largest absolute Gasteiger partial charge is 0.485 e. The number of rotatable bonds is 7. The van der Waals surface area contributed by atoms with Crippen molar-refractivity contribution in [2.45, 2.75) is 50.0 Å². The van der Waals surface area contributed by atoms with Crippen molar-refractivity contribution < 1.29 is 4.74 Å². The van der Waals surface area contributed by atoms with Crippen molar-refractivity contribution in [1.82, 2.24) is 4.57 Å². The lowest BCUT2D eigenvalue weighted by Gasteiger charge is -2.30. The van der Waals surface area contributed by atoms with Crippen molar-refractivity contribution in [3.05, 3.63) is 217 Å². The Morgan fingerprint density at radius 2 is 1.23 bits per heavy atom. The van der Waals surface area contributed by atoms with Crippen LogP contribution < -0.4 is 9.64 Å². The number of ether oxygens (including phenoxy) is 1. The summed E-state index contributed by atoms with van der Waals surface area (Å²) in [5.41, 5.74) is 14.6. The molecule has 61 heavy (non-hydrogen) atoms. The van der Waals surface area contributed by atoms with Crippen LogP contribution in [-0.4, -0.2) is 10.7 Å². The third-order valence-corrected chi connectivity index (χ3v) is 13.6. The predicted molar refractivity (Wildman–Crippen MR) is 255 cm³/mol. The molecular formula is C58H46N2O. The number of anilines is 3. The van der Waals surface area contributed by atoms with Gasteiger partial charge in [0.25, 0.3) is 0 Å². The van der Waals surface area contributed by atoms with E-state index >= 15 is 0 Å². The minimum atomic E-state index is -0.00263. The minimum absolute atomic E-state index is 0.00263. The van der Waals surface area contributed by atoms with E-state index in [0.717, 1.165) is 28.5 Å². The second kappa shape index (κ2) is 14.9. The van der Waals surface area contributed by atoms with Crippen LogP contribution in [0.1, 0.15) is 60.6 Å². The van der Waals surface area contributed by atoms with E-state index in [1.54, 1.807) is 0 Å². The molecule has 2 atom stereocenters. The molecule has 0 radical (unpaired) electrons. The van der Waals surface area contributed by atoms with Crippen molar-refractivity contribution in [3.8, 4) is 22.6 Å². The predicted octanol–water partition coefficient (Wildman–Crippen LogP) is 15.6. The van der Waals surface area contributed by atoms with Gasteiger partial charge >= 0.3 is 0 Å². The van der Waals surface area contributed by atoms with Gasteiger partial charge in [-0.25, -0.2) is 0 Å². The molecule has 2 unspecified atom stereocenters. The van der Waals surface area contributed by atoms with Gasteiger partial charge in [0.1, 0.15) is 11.9 Å². The lowest BCUT2D eigenvalue weighted by molar-refractivity contribution is 0.271. The summed E-state index contributed by atoms with van der Waals surface area (Å²) in [7, 11) is 0. The average molecular weight is 787 g/mol. The van der Waals surface area contributed by atoms with Crippen LogP contribution >= 0.6 is 0 Å². The third kappa shape index (κ3) is 5.94. The molecule has 0 bridgehead atoms. The van der Waals surface area contributed by atoms with Gasteiger partial charge in [-0.05, 0) is 106 Å². The topological polar surface area (TPSA) is 17.4 Å². The van der Waals surface area contributed by atoms with Gasteiger partial charge in [0.2, 0.25) is 0 Å². The lowest BCUT2D eigenvalue weighted by atomic mass is 9.80. The molecule has 0 saturated heterocycles. The van der Waals surface area contributed by atoms with Crippen molar-refractivity contribution >= 4 is 55.2 Å². The van der Waals surface area contributed by atoms with Gasteiger partial charge in [0.15, 0.2) is 0 Å². The lowest BCUT2D eigenvalue weighted by Crippen LogP contribution is -2.19. The fourth-order valence-corrected chi connectivity index (χ4v) is 10.9. The molecule has 1 saturated carbocycles. The van der Waals surface area contributed by atoms with Crippen LogP contribution in [0.4, 0.5) is 17.1 Å². The second-order valence-corrected chi connectivity index (χ2v) is 17.0. The second-order valence-electron chi connectivity index (χ2n) is 17.0. The molecule has 8 aromatic carbocycles. The zero-order valence-corrected chi connectivity index (χ0v) is 34.1. The van der Waals surface area contributed by atoms with Crippen molar-refractivity contribution in [2.75, 3.05) is 4.90 Å². The first-order valence-electron chi connectivity index (χ1n) is 22.0. The Balaban J connectivity index is 1.09. The first-order valence-corrected chi connectivity index (χ1v) is 22.0. The molecule has 1 aliphatic heterocycles. The van der Waals surface area contributed by atoms with Crippen LogP contribution in [0.25, 0.3) is 55.0 Å². The number of para-hydroxylation sites is 5. The number of nitrogens with zero attached hydrogens (tertiary/aromatic N) is 2. The minimum Gasteiger partial charge on any atom is -0.485 e. The number of aromatic nitrogens is 1. The highest BCUT2D eigenvalue weighted by molar-refractivity contribution is 6.15. The quantitative estimate of drug-likeness (QED) is 0.160. The number of allylic oxidation sites excluding steroid dienone is 2. The van der Waals surface area contributed by atoms with Gasteiger partial charge in [-0.15, -0.1) is 0 Å². The zero-order chi connectivity index (χ0) is 40.3. The van der Waals surface area contributed by atoms with Crippen LogP contribution in [0.5, 0.6) is 5.75 Å². The molecule has 2 heterocycles. The molecule has 2 aliphatic carbocycles. The van der Waals surface area contributed by atoms with E-state index in [1.807, 2.05) is 0 Å². The Morgan fingerprint density at radius 3 is 2.11 bits per heavy atom. The summed E-state index contributed by atoms with van der Waals surface area (Å²) in [5.74, 6) is 1.71. The van der Waals surface area contributed by atoms with E-state index in [1.165, 1.54) is 98.1 Å². The highest BCUT2D eigenvalue weighted by Gasteiger charge is 2.37. The van der Waals surface area contributed by atoms with E-state index < -0.39 is 0 Å². The Hall–Kier alpha value is -7.10. The maximum Gasteiger partial charge on any atom is 0.128 e. The maximum atomic E-state index is 6.45. The van der Waals surface area contributed by atoms with E-state index in [4.69, 9.17) is 4.74 Å². The van der Waals surface area contributed by atoms with Crippen LogP contribution in [-0.2, 0) is 0 Å². The first-order chi connectivity index (χ1) is 30.3. The Labute approximate surface area is 357 Å². The first kappa shape index (κ1) is 35.8. The van der Waals surface area contributed by atoms with E-state index in [-0.39, 0.29) is 12.0 Å². The number of benzene rings is 8. The highest BCUT2D eigenvalue weighted by Crippen LogP contribution is 2.51. The fraction of sp³-hybridized carbons (Fsp3) is 0.138. The van der Waals surface area contributed by atoms with Crippen molar-refractivity contribution in [3.63, 3.8) is 0 Å². The maximum absolute atomic E-state index is 6.45. The van der Waals surface area contributed by atoms with Crippen LogP contribution in [0.15, 0.2) is 200 Å². The summed E-state index contributed by atoms with van der Waals surface area (Å²) >= 11 is 0. The fourth-order valence-electron chi connectivity index (χ4n) is 10.9. The zero-order valence-electron chi connectivity index (χ0n) is 34.1. The van der Waals surface area contributed by atoms with Gasteiger partial charge < -0.3 is 14.2 Å².